The van der Waals surface area contributed by atoms with Crippen molar-refractivity contribution in [2.75, 3.05) is 13.1 Å². The van der Waals surface area contributed by atoms with E-state index in [1.54, 1.807) is 0 Å². The third kappa shape index (κ3) is 2.76. The van der Waals surface area contributed by atoms with Gasteiger partial charge in [-0.3, -0.25) is 4.79 Å². The van der Waals surface area contributed by atoms with Crippen molar-refractivity contribution < 1.29 is 14.7 Å². The lowest BCUT2D eigenvalue weighted by Crippen LogP contribution is -2.53. The van der Waals surface area contributed by atoms with Crippen molar-refractivity contribution in [1.82, 2.24) is 9.80 Å². The van der Waals surface area contributed by atoms with Gasteiger partial charge in [-0.05, 0) is 38.5 Å². The first-order chi connectivity index (χ1) is 8.50. The van der Waals surface area contributed by atoms with Crippen molar-refractivity contribution in [3.05, 3.63) is 0 Å². The van der Waals surface area contributed by atoms with Gasteiger partial charge in [-0.15, -0.1) is 0 Å². The van der Waals surface area contributed by atoms with Crippen molar-refractivity contribution in [3.8, 4) is 0 Å². The molecule has 2 fully saturated rings. The number of aliphatic carboxylic acids is 1. The van der Waals surface area contributed by atoms with Crippen LogP contribution in [-0.2, 0) is 4.79 Å². The Bertz CT molecular complexity index is 341. The van der Waals surface area contributed by atoms with E-state index in [1.807, 2.05) is 4.90 Å². The molecule has 2 amide bonds. The van der Waals surface area contributed by atoms with Crippen LogP contribution in [0.2, 0.25) is 0 Å². The predicted octanol–water partition coefficient (Wildman–Crippen LogP) is 1.78. The van der Waals surface area contributed by atoms with Crippen molar-refractivity contribution in [2.24, 2.45) is 5.92 Å². The second kappa shape index (κ2) is 5.16. The van der Waals surface area contributed by atoms with Gasteiger partial charge in [-0.25, -0.2) is 4.79 Å². The first-order valence-electron chi connectivity index (χ1n) is 6.79. The molecule has 2 atom stereocenters. The summed E-state index contributed by atoms with van der Waals surface area (Å²) in [4.78, 5) is 26.7. The molecular weight excluding hydrogens is 232 g/mol. The van der Waals surface area contributed by atoms with E-state index in [2.05, 4.69) is 13.8 Å². The summed E-state index contributed by atoms with van der Waals surface area (Å²) in [5, 5.41) is 8.91. The van der Waals surface area contributed by atoms with E-state index in [-0.39, 0.29) is 24.7 Å². The van der Waals surface area contributed by atoms with E-state index in [9.17, 15) is 9.59 Å². The SMILES string of the molecule is CC1CCCN(C(=O)N(CC(=O)O)C2CC2)C1C. The summed E-state index contributed by atoms with van der Waals surface area (Å²) in [6.45, 7) is 4.81. The highest BCUT2D eigenvalue weighted by Crippen LogP contribution is 2.30. The van der Waals surface area contributed by atoms with Crippen molar-refractivity contribution in [2.45, 2.75) is 51.6 Å². The quantitative estimate of drug-likeness (QED) is 0.835. The molecule has 1 aliphatic carbocycles. The maximum Gasteiger partial charge on any atom is 0.323 e. The monoisotopic (exact) mass is 254 g/mol. The van der Waals surface area contributed by atoms with Gasteiger partial charge in [0.1, 0.15) is 6.54 Å². The van der Waals surface area contributed by atoms with Crippen LogP contribution < -0.4 is 0 Å². The molecule has 0 aromatic rings. The second-order valence-electron chi connectivity index (χ2n) is 5.59. The Morgan fingerprint density at radius 3 is 2.50 bits per heavy atom. The molecular formula is C13H22N2O3. The van der Waals surface area contributed by atoms with E-state index in [0.717, 1.165) is 32.2 Å². The van der Waals surface area contributed by atoms with Crippen molar-refractivity contribution in [1.29, 1.82) is 0 Å². The van der Waals surface area contributed by atoms with Crippen LogP contribution in [-0.4, -0.2) is 52.1 Å². The molecule has 0 spiro atoms. The van der Waals surface area contributed by atoms with Crippen LogP contribution in [0.1, 0.15) is 39.5 Å². The highest BCUT2D eigenvalue weighted by atomic mass is 16.4. The summed E-state index contributed by atoms with van der Waals surface area (Å²) in [6, 6.07) is 0.276. The summed E-state index contributed by atoms with van der Waals surface area (Å²) in [6.07, 6.45) is 4.05. The Balaban J connectivity index is 2.05. The maximum atomic E-state index is 12.5. The summed E-state index contributed by atoms with van der Waals surface area (Å²) < 4.78 is 0. The second-order valence-corrected chi connectivity index (χ2v) is 5.59. The van der Waals surface area contributed by atoms with E-state index < -0.39 is 5.97 Å². The number of carboxylic acids is 1. The molecule has 0 aromatic heterocycles. The Morgan fingerprint density at radius 1 is 1.28 bits per heavy atom. The van der Waals surface area contributed by atoms with Crippen LogP contribution in [0.25, 0.3) is 0 Å². The Morgan fingerprint density at radius 2 is 1.94 bits per heavy atom. The third-order valence-electron chi connectivity index (χ3n) is 4.16. The van der Waals surface area contributed by atoms with Gasteiger partial charge in [0.2, 0.25) is 0 Å². The van der Waals surface area contributed by atoms with Crippen LogP contribution in [0.4, 0.5) is 4.79 Å². The lowest BCUT2D eigenvalue weighted by Gasteiger charge is -2.40. The molecule has 18 heavy (non-hydrogen) atoms. The van der Waals surface area contributed by atoms with Gasteiger partial charge in [-0.2, -0.15) is 0 Å². The van der Waals surface area contributed by atoms with Crippen LogP contribution >= 0.6 is 0 Å². The Labute approximate surface area is 108 Å². The summed E-state index contributed by atoms with van der Waals surface area (Å²) in [5.41, 5.74) is 0. The number of carbonyl (C=O) groups is 2. The van der Waals surface area contributed by atoms with Gasteiger partial charge < -0.3 is 14.9 Å². The fourth-order valence-corrected chi connectivity index (χ4v) is 2.66. The molecule has 1 saturated carbocycles. The molecule has 1 heterocycles. The Kier molecular flexibility index (Phi) is 3.78. The lowest BCUT2D eigenvalue weighted by molar-refractivity contribution is -0.138. The van der Waals surface area contributed by atoms with Crippen LogP contribution in [0.15, 0.2) is 0 Å². The standard InChI is InChI=1S/C13H22N2O3/c1-9-4-3-7-14(10(9)2)13(18)15(8-12(16)17)11-5-6-11/h9-11H,3-8H2,1-2H3,(H,16,17). The molecule has 0 aromatic carbocycles. The van der Waals surface area contributed by atoms with Crippen molar-refractivity contribution >= 4 is 12.0 Å². The van der Waals surface area contributed by atoms with E-state index in [4.69, 9.17) is 5.11 Å². The number of carbonyl (C=O) groups excluding carboxylic acids is 1. The summed E-state index contributed by atoms with van der Waals surface area (Å²) in [5.74, 6) is -0.429. The molecule has 0 bridgehead atoms. The van der Waals surface area contributed by atoms with Gasteiger partial charge in [-0.1, -0.05) is 6.92 Å². The molecule has 5 heteroatoms. The minimum Gasteiger partial charge on any atom is -0.480 e. The summed E-state index contributed by atoms with van der Waals surface area (Å²) in [7, 11) is 0. The molecule has 1 saturated heterocycles. The van der Waals surface area contributed by atoms with E-state index in [1.165, 1.54) is 4.90 Å². The summed E-state index contributed by atoms with van der Waals surface area (Å²) >= 11 is 0. The van der Waals surface area contributed by atoms with E-state index >= 15 is 0 Å². The Hall–Kier alpha value is -1.26. The topological polar surface area (TPSA) is 60.9 Å². The number of piperidine rings is 1. The highest BCUT2D eigenvalue weighted by Gasteiger charge is 2.38. The first-order valence-corrected chi connectivity index (χ1v) is 6.79. The molecule has 102 valence electrons. The fourth-order valence-electron chi connectivity index (χ4n) is 2.66. The molecule has 1 aliphatic heterocycles. The molecule has 5 nitrogen and oxygen atoms in total. The number of hydrogen-bond donors (Lipinski definition) is 1. The smallest absolute Gasteiger partial charge is 0.323 e. The average molecular weight is 254 g/mol. The predicted molar refractivity (Wildman–Crippen MR) is 67.3 cm³/mol. The number of urea groups is 1. The van der Waals surface area contributed by atoms with Gasteiger partial charge in [0, 0.05) is 18.6 Å². The van der Waals surface area contributed by atoms with Gasteiger partial charge in [0.25, 0.3) is 0 Å². The van der Waals surface area contributed by atoms with Crippen LogP contribution in [0, 0.1) is 5.92 Å². The third-order valence-corrected chi connectivity index (χ3v) is 4.16. The minimum absolute atomic E-state index is 0.0843. The molecule has 2 aliphatic rings. The molecule has 0 radical (unpaired) electrons. The molecule has 2 rings (SSSR count). The zero-order chi connectivity index (χ0) is 13.3. The van der Waals surface area contributed by atoms with Crippen LogP contribution in [0.3, 0.4) is 0 Å². The molecule has 1 N–H and O–H groups in total. The fraction of sp³-hybridized carbons (Fsp3) is 0.846. The maximum absolute atomic E-state index is 12.5. The number of carboxylic acid groups (broad SMARTS) is 1. The number of amides is 2. The van der Waals surface area contributed by atoms with Crippen molar-refractivity contribution in [3.63, 3.8) is 0 Å². The average Bonchev–Trinajstić information content (AvgIpc) is 3.12. The lowest BCUT2D eigenvalue weighted by atomic mass is 9.92. The van der Waals surface area contributed by atoms with Gasteiger partial charge in [0.15, 0.2) is 0 Å². The normalized spacial score (nSPS) is 28.0. The number of nitrogens with zero attached hydrogens (tertiary/aromatic N) is 2. The zero-order valence-electron chi connectivity index (χ0n) is 11.1. The van der Waals surface area contributed by atoms with Gasteiger partial charge in [0.05, 0.1) is 0 Å². The van der Waals surface area contributed by atoms with Gasteiger partial charge >= 0.3 is 12.0 Å². The number of hydrogen-bond acceptors (Lipinski definition) is 2. The molecule has 2 unspecified atom stereocenters. The number of rotatable bonds is 3. The van der Waals surface area contributed by atoms with E-state index in [0.29, 0.717) is 5.92 Å². The van der Waals surface area contributed by atoms with Crippen LogP contribution in [0.5, 0.6) is 0 Å². The first kappa shape index (κ1) is 13.2. The zero-order valence-corrected chi connectivity index (χ0v) is 11.1. The highest BCUT2D eigenvalue weighted by molar-refractivity contribution is 5.81. The largest absolute Gasteiger partial charge is 0.480 e. The number of likely N-dealkylation sites (tertiary alicyclic amines) is 1. The minimum atomic E-state index is -0.923.